The standard InChI is InChI=1S/C3H2ClNO3S/c4-9(6,7)3-1-5-8-2-3/h1-2H. The van der Waals surface area contributed by atoms with Crippen LogP contribution >= 0.6 is 10.7 Å². The highest BCUT2D eigenvalue weighted by molar-refractivity contribution is 8.13. The molecule has 0 N–H and O–H groups in total. The quantitative estimate of drug-likeness (QED) is 0.575. The van der Waals surface area contributed by atoms with Gasteiger partial charge in [-0.1, -0.05) is 5.16 Å². The summed E-state index contributed by atoms with van der Waals surface area (Å²) in [7, 11) is 1.23. The Kier molecular flexibility index (Phi) is 1.46. The summed E-state index contributed by atoms with van der Waals surface area (Å²) in [6.07, 6.45) is 1.99. The van der Waals surface area contributed by atoms with E-state index in [0.717, 1.165) is 12.5 Å². The summed E-state index contributed by atoms with van der Waals surface area (Å²) < 4.78 is 24.9. The highest BCUT2D eigenvalue weighted by atomic mass is 35.7. The second-order valence-electron chi connectivity index (χ2n) is 1.30. The van der Waals surface area contributed by atoms with E-state index >= 15 is 0 Å². The Labute approximate surface area is 55.8 Å². The summed E-state index contributed by atoms with van der Waals surface area (Å²) >= 11 is 0. The van der Waals surface area contributed by atoms with E-state index in [0.29, 0.717) is 0 Å². The molecule has 0 aromatic carbocycles. The zero-order chi connectivity index (χ0) is 6.91. The van der Waals surface area contributed by atoms with Crippen molar-refractivity contribution in [3.05, 3.63) is 12.5 Å². The van der Waals surface area contributed by atoms with Crippen molar-refractivity contribution in [3.63, 3.8) is 0 Å². The first-order valence-electron chi connectivity index (χ1n) is 1.95. The molecule has 1 heterocycles. The third kappa shape index (κ3) is 1.43. The van der Waals surface area contributed by atoms with Crippen LogP contribution in [-0.2, 0) is 9.05 Å². The minimum Gasteiger partial charge on any atom is -0.363 e. The number of halogens is 1. The van der Waals surface area contributed by atoms with Gasteiger partial charge in [0, 0.05) is 10.7 Å². The van der Waals surface area contributed by atoms with Gasteiger partial charge in [0.15, 0.2) is 0 Å². The lowest BCUT2D eigenvalue weighted by Gasteiger charge is -1.80. The molecule has 0 aliphatic rings. The number of hydrogen-bond acceptors (Lipinski definition) is 4. The van der Waals surface area contributed by atoms with Gasteiger partial charge in [-0.25, -0.2) is 8.42 Å². The van der Waals surface area contributed by atoms with Gasteiger partial charge in [0.2, 0.25) is 0 Å². The average molecular weight is 168 g/mol. The Bertz CT molecular complexity index is 276. The number of aromatic nitrogens is 1. The van der Waals surface area contributed by atoms with Crippen LogP contribution in [-0.4, -0.2) is 13.6 Å². The molecule has 0 saturated carbocycles. The zero-order valence-corrected chi connectivity index (χ0v) is 5.69. The summed E-state index contributed by atoms with van der Waals surface area (Å²) in [5, 5.41) is 3.15. The van der Waals surface area contributed by atoms with E-state index in [2.05, 4.69) is 9.68 Å². The van der Waals surface area contributed by atoms with E-state index in [1.807, 2.05) is 0 Å². The number of hydrogen-bond donors (Lipinski definition) is 0. The van der Waals surface area contributed by atoms with Crippen molar-refractivity contribution in [1.82, 2.24) is 5.16 Å². The largest absolute Gasteiger partial charge is 0.363 e. The van der Waals surface area contributed by atoms with Crippen molar-refractivity contribution in [2.45, 2.75) is 4.90 Å². The molecule has 0 radical (unpaired) electrons. The highest BCUT2D eigenvalue weighted by Gasteiger charge is 2.10. The summed E-state index contributed by atoms with van der Waals surface area (Å²) in [4.78, 5) is -0.121. The van der Waals surface area contributed by atoms with Crippen LogP contribution in [0.5, 0.6) is 0 Å². The fourth-order valence-corrected chi connectivity index (χ4v) is 0.871. The molecule has 0 aliphatic carbocycles. The third-order valence-corrected chi connectivity index (χ3v) is 1.99. The van der Waals surface area contributed by atoms with Crippen LogP contribution in [0.15, 0.2) is 21.9 Å². The Morgan fingerprint density at radius 3 is 2.56 bits per heavy atom. The van der Waals surface area contributed by atoms with Crippen molar-refractivity contribution in [1.29, 1.82) is 0 Å². The van der Waals surface area contributed by atoms with Crippen LogP contribution in [0.1, 0.15) is 0 Å². The van der Waals surface area contributed by atoms with Crippen LogP contribution in [0.4, 0.5) is 0 Å². The first-order chi connectivity index (χ1) is 4.11. The van der Waals surface area contributed by atoms with Gasteiger partial charge < -0.3 is 4.52 Å². The van der Waals surface area contributed by atoms with Gasteiger partial charge in [-0.05, 0) is 0 Å². The fraction of sp³-hybridized carbons (Fsp3) is 0. The predicted molar refractivity (Wildman–Crippen MR) is 29.5 cm³/mol. The summed E-state index contributed by atoms with van der Waals surface area (Å²) in [5.74, 6) is 0. The lowest BCUT2D eigenvalue weighted by Crippen LogP contribution is -1.85. The molecule has 9 heavy (non-hydrogen) atoms. The van der Waals surface area contributed by atoms with Gasteiger partial charge >= 0.3 is 0 Å². The van der Waals surface area contributed by atoms with Crippen molar-refractivity contribution in [2.24, 2.45) is 0 Å². The van der Waals surface area contributed by atoms with Crippen LogP contribution in [0.25, 0.3) is 0 Å². The summed E-state index contributed by atoms with van der Waals surface area (Å²) in [6, 6.07) is 0. The first kappa shape index (κ1) is 6.57. The molecule has 1 aromatic rings. The molecule has 0 atom stereocenters. The second-order valence-corrected chi connectivity index (χ2v) is 3.86. The zero-order valence-electron chi connectivity index (χ0n) is 4.11. The van der Waals surface area contributed by atoms with E-state index in [1.165, 1.54) is 0 Å². The summed E-state index contributed by atoms with van der Waals surface area (Å²) in [6.45, 7) is 0. The Morgan fingerprint density at radius 2 is 2.33 bits per heavy atom. The minimum atomic E-state index is -3.64. The van der Waals surface area contributed by atoms with E-state index in [4.69, 9.17) is 10.7 Å². The molecule has 0 fully saturated rings. The SMILES string of the molecule is O=S(=O)(Cl)c1cnoc1. The predicted octanol–water partition coefficient (Wildman–Crippen LogP) is 0.602. The van der Waals surface area contributed by atoms with Crippen LogP contribution in [0.2, 0.25) is 0 Å². The molecular weight excluding hydrogens is 166 g/mol. The lowest BCUT2D eigenvalue weighted by atomic mass is 10.8. The highest BCUT2D eigenvalue weighted by Crippen LogP contribution is 2.11. The summed E-state index contributed by atoms with van der Waals surface area (Å²) in [5.41, 5.74) is 0. The smallest absolute Gasteiger partial charge is 0.266 e. The molecule has 0 bridgehead atoms. The molecule has 4 nitrogen and oxygen atoms in total. The fourth-order valence-electron chi connectivity index (χ4n) is 0.316. The van der Waals surface area contributed by atoms with Gasteiger partial charge in [0.05, 0.1) is 6.20 Å². The average Bonchev–Trinajstić information content (AvgIpc) is 2.08. The van der Waals surface area contributed by atoms with Crippen molar-refractivity contribution in [2.75, 3.05) is 0 Å². The molecule has 1 aromatic heterocycles. The molecule has 0 unspecified atom stereocenters. The van der Waals surface area contributed by atoms with E-state index in [-0.39, 0.29) is 4.90 Å². The van der Waals surface area contributed by atoms with Crippen molar-refractivity contribution < 1.29 is 12.9 Å². The van der Waals surface area contributed by atoms with Gasteiger partial charge in [0.25, 0.3) is 9.05 Å². The first-order valence-corrected chi connectivity index (χ1v) is 4.25. The van der Waals surface area contributed by atoms with Gasteiger partial charge in [0.1, 0.15) is 11.2 Å². The van der Waals surface area contributed by atoms with E-state index < -0.39 is 9.05 Å². The lowest BCUT2D eigenvalue weighted by molar-refractivity contribution is 0.417. The minimum absolute atomic E-state index is 0.121. The van der Waals surface area contributed by atoms with Crippen molar-refractivity contribution in [3.8, 4) is 0 Å². The third-order valence-electron chi connectivity index (χ3n) is 0.691. The number of rotatable bonds is 1. The molecule has 0 aliphatic heterocycles. The monoisotopic (exact) mass is 167 g/mol. The maximum Gasteiger partial charge on any atom is 0.266 e. The van der Waals surface area contributed by atoms with E-state index in [9.17, 15) is 8.42 Å². The molecule has 0 amide bonds. The van der Waals surface area contributed by atoms with Crippen molar-refractivity contribution >= 4 is 19.7 Å². The molecular formula is C3H2ClNO3S. The Hall–Kier alpha value is -0.550. The van der Waals surface area contributed by atoms with Gasteiger partial charge in [-0.3, -0.25) is 0 Å². The van der Waals surface area contributed by atoms with Crippen LogP contribution in [0, 0.1) is 0 Å². The molecule has 0 saturated heterocycles. The Balaban J connectivity index is 3.20. The maximum atomic E-state index is 10.4. The Morgan fingerprint density at radius 1 is 1.67 bits per heavy atom. The number of nitrogens with zero attached hydrogens (tertiary/aromatic N) is 1. The van der Waals surface area contributed by atoms with E-state index in [1.54, 1.807) is 0 Å². The molecule has 6 heteroatoms. The molecule has 50 valence electrons. The van der Waals surface area contributed by atoms with Crippen LogP contribution < -0.4 is 0 Å². The van der Waals surface area contributed by atoms with Gasteiger partial charge in [-0.2, -0.15) is 0 Å². The topological polar surface area (TPSA) is 60.2 Å². The van der Waals surface area contributed by atoms with Crippen LogP contribution in [0.3, 0.4) is 0 Å². The molecule has 1 rings (SSSR count). The normalized spacial score (nSPS) is 11.7. The maximum absolute atomic E-state index is 10.4. The second kappa shape index (κ2) is 2.00. The van der Waals surface area contributed by atoms with Gasteiger partial charge in [-0.15, -0.1) is 0 Å². The molecule has 0 spiro atoms.